The van der Waals surface area contributed by atoms with Gasteiger partial charge in [-0.1, -0.05) is 36.0 Å². The maximum atomic E-state index is 12.7. The minimum atomic E-state index is -1.09. The fraction of sp³-hybridized carbons (Fsp3) is 0.143. The zero-order valence-corrected chi connectivity index (χ0v) is 17.7. The Kier molecular flexibility index (Phi) is 5.73. The monoisotopic (exact) mass is 451 g/mol. The van der Waals surface area contributed by atoms with Crippen molar-refractivity contribution in [2.45, 2.75) is 18.3 Å². The molecule has 3 aromatic rings. The van der Waals surface area contributed by atoms with Gasteiger partial charge in [-0.25, -0.2) is 0 Å². The normalized spacial score (nSPS) is 14.5. The van der Waals surface area contributed by atoms with E-state index < -0.39 is 22.6 Å². The molecule has 0 aliphatic carbocycles. The molecule has 1 aliphatic rings. The SMILES string of the molecule is C=CCSc1nnc2c(n1)O[C@@H](c1ccc(O)c([N+](=O)[O-])c1)N(C(C)=O)c1ccccc1-2. The third-order valence-electron chi connectivity index (χ3n) is 4.66. The summed E-state index contributed by atoms with van der Waals surface area (Å²) in [4.78, 5) is 29.2. The quantitative estimate of drug-likeness (QED) is 0.266. The first-order valence-corrected chi connectivity index (χ1v) is 10.4. The lowest BCUT2D eigenvalue weighted by molar-refractivity contribution is -0.386. The number of nitro groups is 1. The molecule has 1 aromatic heterocycles. The highest BCUT2D eigenvalue weighted by molar-refractivity contribution is 7.99. The Morgan fingerprint density at radius 2 is 2.12 bits per heavy atom. The average molecular weight is 451 g/mol. The second kappa shape index (κ2) is 8.63. The number of nitro benzene ring substituents is 1. The molecule has 2 aromatic carbocycles. The molecule has 0 saturated carbocycles. The molecule has 11 heteroatoms. The highest BCUT2D eigenvalue weighted by Crippen LogP contribution is 2.44. The number of fused-ring (bicyclic) bond motifs is 3. The summed E-state index contributed by atoms with van der Waals surface area (Å²) >= 11 is 1.31. The van der Waals surface area contributed by atoms with Crippen LogP contribution in [0.25, 0.3) is 11.3 Å². The highest BCUT2D eigenvalue weighted by Gasteiger charge is 2.35. The zero-order chi connectivity index (χ0) is 22.8. The molecular formula is C21H17N5O5S. The molecule has 0 saturated heterocycles. The Morgan fingerprint density at radius 3 is 2.84 bits per heavy atom. The first-order valence-electron chi connectivity index (χ1n) is 9.42. The van der Waals surface area contributed by atoms with Crippen molar-refractivity contribution in [3.05, 3.63) is 70.8 Å². The number of hydrogen-bond donors (Lipinski definition) is 1. The molecule has 10 nitrogen and oxygen atoms in total. The summed E-state index contributed by atoms with van der Waals surface area (Å²) in [6.45, 7) is 5.03. The number of amides is 1. The number of rotatable bonds is 5. The zero-order valence-electron chi connectivity index (χ0n) is 16.8. The van der Waals surface area contributed by atoms with Crippen LogP contribution in [0, 0.1) is 10.1 Å². The van der Waals surface area contributed by atoms with Gasteiger partial charge in [-0.2, -0.15) is 4.98 Å². The molecule has 1 aliphatic heterocycles. The molecular weight excluding hydrogens is 434 g/mol. The number of anilines is 1. The van der Waals surface area contributed by atoms with Crippen molar-refractivity contribution >= 4 is 29.0 Å². The van der Waals surface area contributed by atoms with E-state index in [-0.39, 0.29) is 17.4 Å². The summed E-state index contributed by atoms with van der Waals surface area (Å²) in [5.74, 6) is -0.164. The van der Waals surface area contributed by atoms with E-state index in [9.17, 15) is 20.0 Å². The summed E-state index contributed by atoms with van der Waals surface area (Å²) in [6.07, 6.45) is 0.606. The van der Waals surface area contributed by atoms with E-state index in [1.807, 2.05) is 0 Å². The number of aromatic nitrogens is 3. The smallest absolute Gasteiger partial charge is 0.311 e. The van der Waals surface area contributed by atoms with E-state index in [4.69, 9.17) is 4.74 Å². The van der Waals surface area contributed by atoms with E-state index >= 15 is 0 Å². The number of ether oxygens (including phenoxy) is 1. The molecule has 0 unspecified atom stereocenters. The lowest BCUT2D eigenvalue weighted by Gasteiger charge is -2.29. The molecule has 162 valence electrons. The molecule has 2 heterocycles. The van der Waals surface area contributed by atoms with Crippen LogP contribution in [0.15, 0.2) is 60.3 Å². The van der Waals surface area contributed by atoms with Gasteiger partial charge in [0.25, 0.3) is 0 Å². The van der Waals surface area contributed by atoms with Crippen LogP contribution in [-0.2, 0) is 4.79 Å². The lowest BCUT2D eigenvalue weighted by Crippen LogP contribution is -2.36. The third kappa shape index (κ3) is 3.85. The fourth-order valence-electron chi connectivity index (χ4n) is 3.30. The Bertz CT molecular complexity index is 1230. The van der Waals surface area contributed by atoms with Crippen LogP contribution in [0.3, 0.4) is 0 Å². The van der Waals surface area contributed by atoms with Gasteiger partial charge >= 0.3 is 5.69 Å². The van der Waals surface area contributed by atoms with Gasteiger partial charge in [0.2, 0.25) is 23.2 Å². The van der Waals surface area contributed by atoms with Crippen LogP contribution in [0.1, 0.15) is 18.7 Å². The van der Waals surface area contributed by atoms with Crippen LogP contribution in [0.5, 0.6) is 11.6 Å². The molecule has 0 radical (unpaired) electrons. The van der Waals surface area contributed by atoms with Gasteiger partial charge in [0.05, 0.1) is 10.6 Å². The van der Waals surface area contributed by atoms with Crippen molar-refractivity contribution in [1.29, 1.82) is 0 Å². The molecule has 1 N–H and O–H groups in total. The van der Waals surface area contributed by atoms with E-state index in [1.54, 1.807) is 30.3 Å². The van der Waals surface area contributed by atoms with E-state index in [2.05, 4.69) is 21.8 Å². The summed E-state index contributed by atoms with van der Waals surface area (Å²) < 4.78 is 6.14. The average Bonchev–Trinajstić information content (AvgIpc) is 2.92. The van der Waals surface area contributed by atoms with Crippen molar-refractivity contribution < 1.29 is 19.6 Å². The van der Waals surface area contributed by atoms with Gasteiger partial charge < -0.3 is 9.84 Å². The van der Waals surface area contributed by atoms with Gasteiger partial charge in [0.1, 0.15) is 0 Å². The van der Waals surface area contributed by atoms with E-state index in [0.29, 0.717) is 27.9 Å². The summed E-state index contributed by atoms with van der Waals surface area (Å²) in [5.41, 5.74) is 1.18. The molecule has 1 atom stereocenters. The lowest BCUT2D eigenvalue weighted by atomic mass is 10.1. The Morgan fingerprint density at radius 1 is 1.34 bits per heavy atom. The first-order chi connectivity index (χ1) is 15.4. The Hall–Kier alpha value is -3.99. The second-order valence-corrected chi connectivity index (χ2v) is 7.72. The largest absolute Gasteiger partial charge is 0.502 e. The minimum Gasteiger partial charge on any atom is -0.502 e. The number of para-hydroxylation sites is 1. The Balaban J connectivity index is 1.93. The number of phenols is 1. The number of nitrogens with zero attached hydrogens (tertiary/aromatic N) is 5. The number of phenolic OH excluding ortho intramolecular Hbond substituents is 1. The van der Waals surface area contributed by atoms with Gasteiger partial charge in [-0.15, -0.1) is 16.8 Å². The number of hydrogen-bond acceptors (Lipinski definition) is 9. The molecule has 0 spiro atoms. The highest BCUT2D eigenvalue weighted by atomic mass is 32.2. The molecule has 0 fully saturated rings. The van der Waals surface area contributed by atoms with Crippen molar-refractivity contribution in [1.82, 2.24) is 15.2 Å². The fourth-order valence-corrected chi connectivity index (χ4v) is 3.82. The van der Waals surface area contributed by atoms with Crippen molar-refractivity contribution in [2.75, 3.05) is 10.7 Å². The third-order valence-corrected chi connectivity index (χ3v) is 5.50. The number of thioether (sulfide) groups is 1. The van der Waals surface area contributed by atoms with Crippen molar-refractivity contribution in [3.63, 3.8) is 0 Å². The topological polar surface area (TPSA) is 132 Å². The summed E-state index contributed by atoms with van der Waals surface area (Å²) in [6, 6.07) is 10.8. The van der Waals surface area contributed by atoms with E-state index in [0.717, 1.165) is 0 Å². The minimum absolute atomic E-state index is 0.128. The van der Waals surface area contributed by atoms with Crippen LogP contribution in [0.4, 0.5) is 11.4 Å². The molecule has 32 heavy (non-hydrogen) atoms. The second-order valence-electron chi connectivity index (χ2n) is 6.73. The van der Waals surface area contributed by atoms with Crippen molar-refractivity contribution in [3.8, 4) is 22.9 Å². The van der Waals surface area contributed by atoms with Gasteiger partial charge in [-0.3, -0.25) is 19.8 Å². The number of carbonyl (C=O) groups excluding carboxylic acids is 1. The van der Waals surface area contributed by atoms with Crippen LogP contribution in [-0.4, -0.2) is 36.9 Å². The maximum absolute atomic E-state index is 12.7. The summed E-state index contributed by atoms with van der Waals surface area (Å²) in [7, 11) is 0. The number of carbonyl (C=O) groups is 1. The van der Waals surface area contributed by atoms with Gasteiger partial charge in [-0.05, 0) is 18.2 Å². The van der Waals surface area contributed by atoms with Gasteiger partial charge in [0, 0.05) is 29.9 Å². The predicted molar refractivity (Wildman–Crippen MR) is 117 cm³/mol. The molecule has 0 bridgehead atoms. The first kappa shape index (κ1) is 21.2. The molecule has 1 amide bonds. The number of aromatic hydroxyl groups is 1. The number of benzene rings is 2. The standard InChI is InChI=1S/C21H17N5O5S/c1-3-10-32-21-22-19-18(23-24-21)14-6-4-5-7-15(14)25(12(2)27)20(31-19)13-8-9-17(28)16(11-13)26(29)30/h3-9,11,20,28H,1,10H2,2H3/t20-/m0/s1. The van der Waals surface area contributed by atoms with Crippen LogP contribution in [0.2, 0.25) is 0 Å². The van der Waals surface area contributed by atoms with E-state index in [1.165, 1.54) is 41.8 Å². The Labute approximate surface area is 186 Å². The van der Waals surface area contributed by atoms with Crippen LogP contribution >= 0.6 is 11.8 Å². The molecule has 4 rings (SSSR count). The summed E-state index contributed by atoms with van der Waals surface area (Å²) in [5, 5.41) is 30.0. The van der Waals surface area contributed by atoms with Crippen LogP contribution < -0.4 is 9.64 Å². The maximum Gasteiger partial charge on any atom is 0.311 e. The van der Waals surface area contributed by atoms with Gasteiger partial charge in [0.15, 0.2) is 11.4 Å². The van der Waals surface area contributed by atoms with Crippen molar-refractivity contribution in [2.24, 2.45) is 0 Å². The predicted octanol–water partition coefficient (Wildman–Crippen LogP) is 3.87.